The van der Waals surface area contributed by atoms with E-state index in [0.717, 1.165) is 0 Å². The van der Waals surface area contributed by atoms with Gasteiger partial charge in [-0.25, -0.2) is 13.8 Å². The second-order valence-electron chi connectivity index (χ2n) is 1.99. The van der Waals surface area contributed by atoms with Crippen molar-refractivity contribution in [2.45, 2.75) is 6.43 Å². The summed E-state index contributed by atoms with van der Waals surface area (Å²) in [5, 5.41) is 2.48. The standard InChI is InChI=1S/C7H8F2N2/c8-6(9)5-11-7-3-1-2-4-10-7/h1-4,6H,5H2,(H,10,11). The van der Waals surface area contributed by atoms with Gasteiger partial charge in [0.1, 0.15) is 5.82 Å². The number of alkyl halides is 2. The Morgan fingerprint density at radius 2 is 2.27 bits per heavy atom. The Hall–Kier alpha value is -1.19. The number of hydrogen-bond donors (Lipinski definition) is 1. The normalized spacial score (nSPS) is 10.1. The summed E-state index contributed by atoms with van der Waals surface area (Å²) in [5.41, 5.74) is 0. The number of nitrogens with zero attached hydrogens (tertiary/aromatic N) is 1. The third kappa shape index (κ3) is 2.93. The topological polar surface area (TPSA) is 24.9 Å². The monoisotopic (exact) mass is 158 g/mol. The summed E-state index contributed by atoms with van der Waals surface area (Å²) in [6.07, 6.45) is -0.787. The Kier molecular flexibility index (Phi) is 2.77. The fourth-order valence-electron chi connectivity index (χ4n) is 0.649. The predicted molar refractivity (Wildman–Crippen MR) is 38.7 cm³/mol. The average molecular weight is 158 g/mol. The van der Waals surface area contributed by atoms with E-state index in [9.17, 15) is 8.78 Å². The first-order valence-electron chi connectivity index (χ1n) is 3.22. The van der Waals surface area contributed by atoms with Gasteiger partial charge in [0.25, 0.3) is 6.43 Å². The van der Waals surface area contributed by atoms with Crippen molar-refractivity contribution in [2.75, 3.05) is 11.9 Å². The first kappa shape index (κ1) is 7.91. The molecule has 1 aromatic heterocycles. The van der Waals surface area contributed by atoms with Gasteiger partial charge in [0.2, 0.25) is 0 Å². The molecule has 0 fully saturated rings. The molecule has 60 valence electrons. The molecule has 0 aromatic carbocycles. The van der Waals surface area contributed by atoms with Crippen LogP contribution in [0.3, 0.4) is 0 Å². The van der Waals surface area contributed by atoms with Crippen molar-refractivity contribution in [1.29, 1.82) is 0 Å². The molecule has 1 rings (SSSR count). The summed E-state index contributed by atoms with van der Waals surface area (Å²) in [5.74, 6) is 0.479. The zero-order chi connectivity index (χ0) is 8.10. The molecule has 0 bridgehead atoms. The zero-order valence-corrected chi connectivity index (χ0v) is 5.80. The van der Waals surface area contributed by atoms with E-state index < -0.39 is 6.43 Å². The van der Waals surface area contributed by atoms with Crippen molar-refractivity contribution in [1.82, 2.24) is 4.98 Å². The van der Waals surface area contributed by atoms with E-state index in [1.807, 2.05) is 0 Å². The summed E-state index contributed by atoms with van der Waals surface area (Å²) >= 11 is 0. The van der Waals surface area contributed by atoms with Crippen molar-refractivity contribution in [2.24, 2.45) is 0 Å². The third-order valence-electron chi connectivity index (χ3n) is 1.10. The molecule has 11 heavy (non-hydrogen) atoms. The fourth-order valence-corrected chi connectivity index (χ4v) is 0.649. The Labute approximate surface area is 63.3 Å². The van der Waals surface area contributed by atoms with Gasteiger partial charge in [-0.2, -0.15) is 0 Å². The molecule has 1 heterocycles. The Morgan fingerprint density at radius 3 is 2.82 bits per heavy atom. The van der Waals surface area contributed by atoms with Gasteiger partial charge in [0.15, 0.2) is 0 Å². The number of halogens is 2. The fraction of sp³-hybridized carbons (Fsp3) is 0.286. The minimum Gasteiger partial charge on any atom is -0.364 e. The molecule has 0 aliphatic carbocycles. The Balaban J connectivity index is 2.39. The van der Waals surface area contributed by atoms with Crippen LogP contribution in [-0.2, 0) is 0 Å². The maximum Gasteiger partial charge on any atom is 0.255 e. The molecule has 0 saturated carbocycles. The lowest BCUT2D eigenvalue weighted by Gasteiger charge is -2.02. The molecule has 4 heteroatoms. The largest absolute Gasteiger partial charge is 0.364 e. The lowest BCUT2D eigenvalue weighted by atomic mass is 10.4. The highest BCUT2D eigenvalue weighted by Gasteiger charge is 2.00. The smallest absolute Gasteiger partial charge is 0.255 e. The molecule has 0 saturated heterocycles. The van der Waals surface area contributed by atoms with Crippen LogP contribution in [0.1, 0.15) is 0 Å². The summed E-state index contributed by atoms with van der Waals surface area (Å²) in [7, 11) is 0. The molecular weight excluding hydrogens is 150 g/mol. The summed E-state index contributed by atoms with van der Waals surface area (Å²) < 4.78 is 23.3. The second-order valence-corrected chi connectivity index (χ2v) is 1.99. The van der Waals surface area contributed by atoms with Gasteiger partial charge in [0, 0.05) is 6.20 Å². The molecule has 0 atom stereocenters. The lowest BCUT2D eigenvalue weighted by molar-refractivity contribution is 0.163. The van der Waals surface area contributed by atoms with Gasteiger partial charge in [-0.15, -0.1) is 0 Å². The molecule has 0 aliphatic rings. The number of aromatic nitrogens is 1. The number of nitrogens with one attached hydrogen (secondary N) is 1. The highest BCUT2D eigenvalue weighted by atomic mass is 19.3. The van der Waals surface area contributed by atoms with Crippen LogP contribution in [0, 0.1) is 0 Å². The molecule has 2 nitrogen and oxygen atoms in total. The van der Waals surface area contributed by atoms with Gasteiger partial charge in [0.05, 0.1) is 6.54 Å². The lowest BCUT2D eigenvalue weighted by Crippen LogP contribution is -2.10. The molecule has 1 aromatic rings. The van der Waals surface area contributed by atoms with Gasteiger partial charge < -0.3 is 5.32 Å². The van der Waals surface area contributed by atoms with Crippen molar-refractivity contribution >= 4 is 5.82 Å². The number of anilines is 1. The van der Waals surface area contributed by atoms with E-state index in [4.69, 9.17) is 0 Å². The van der Waals surface area contributed by atoms with E-state index in [2.05, 4.69) is 10.3 Å². The minimum atomic E-state index is -2.34. The van der Waals surface area contributed by atoms with Crippen LogP contribution in [0.15, 0.2) is 24.4 Å². The van der Waals surface area contributed by atoms with Crippen LogP contribution in [0.2, 0.25) is 0 Å². The summed E-state index contributed by atoms with van der Waals surface area (Å²) in [4.78, 5) is 3.81. The highest BCUT2D eigenvalue weighted by Crippen LogP contribution is 2.00. The van der Waals surface area contributed by atoms with E-state index in [-0.39, 0.29) is 6.54 Å². The number of hydrogen-bond acceptors (Lipinski definition) is 2. The van der Waals surface area contributed by atoms with Crippen LogP contribution in [0.25, 0.3) is 0 Å². The third-order valence-corrected chi connectivity index (χ3v) is 1.10. The molecule has 0 amide bonds. The van der Waals surface area contributed by atoms with E-state index in [1.165, 1.54) is 0 Å². The van der Waals surface area contributed by atoms with Gasteiger partial charge in [-0.3, -0.25) is 0 Å². The maximum absolute atomic E-state index is 11.6. The number of rotatable bonds is 3. The molecule has 0 spiro atoms. The van der Waals surface area contributed by atoms with Gasteiger partial charge >= 0.3 is 0 Å². The Bertz CT molecular complexity index is 201. The quantitative estimate of drug-likeness (QED) is 0.725. The molecule has 0 unspecified atom stereocenters. The van der Waals surface area contributed by atoms with Crippen molar-refractivity contribution in [3.05, 3.63) is 24.4 Å². The second kappa shape index (κ2) is 3.85. The van der Waals surface area contributed by atoms with E-state index in [1.54, 1.807) is 24.4 Å². The van der Waals surface area contributed by atoms with Crippen molar-refractivity contribution in [3.8, 4) is 0 Å². The molecular formula is C7H8F2N2. The molecule has 1 N–H and O–H groups in total. The number of pyridine rings is 1. The van der Waals surface area contributed by atoms with Crippen LogP contribution in [0.4, 0.5) is 14.6 Å². The minimum absolute atomic E-state index is 0.350. The molecule has 0 aliphatic heterocycles. The first-order chi connectivity index (χ1) is 5.29. The van der Waals surface area contributed by atoms with Crippen LogP contribution < -0.4 is 5.32 Å². The van der Waals surface area contributed by atoms with E-state index >= 15 is 0 Å². The van der Waals surface area contributed by atoms with Gasteiger partial charge in [-0.05, 0) is 12.1 Å². The van der Waals surface area contributed by atoms with E-state index in [0.29, 0.717) is 5.82 Å². The Morgan fingerprint density at radius 1 is 1.45 bits per heavy atom. The maximum atomic E-state index is 11.6. The van der Waals surface area contributed by atoms with Crippen molar-refractivity contribution in [3.63, 3.8) is 0 Å². The highest BCUT2D eigenvalue weighted by molar-refractivity contribution is 5.32. The first-order valence-corrected chi connectivity index (χ1v) is 3.22. The van der Waals surface area contributed by atoms with Gasteiger partial charge in [-0.1, -0.05) is 6.07 Å². The average Bonchev–Trinajstić information content (AvgIpc) is 2.03. The molecule has 0 radical (unpaired) electrons. The van der Waals surface area contributed by atoms with Crippen LogP contribution in [-0.4, -0.2) is 18.0 Å². The van der Waals surface area contributed by atoms with Crippen LogP contribution in [0.5, 0.6) is 0 Å². The predicted octanol–water partition coefficient (Wildman–Crippen LogP) is 1.76. The van der Waals surface area contributed by atoms with Crippen LogP contribution >= 0.6 is 0 Å². The van der Waals surface area contributed by atoms with Crippen molar-refractivity contribution < 1.29 is 8.78 Å². The summed E-state index contributed by atoms with van der Waals surface area (Å²) in [6, 6.07) is 5.11. The zero-order valence-electron chi connectivity index (χ0n) is 5.80. The summed E-state index contributed by atoms with van der Waals surface area (Å²) in [6.45, 7) is -0.350. The SMILES string of the molecule is FC(F)CNc1ccccn1.